The van der Waals surface area contributed by atoms with Crippen LogP contribution < -0.4 is 9.47 Å². The van der Waals surface area contributed by atoms with Gasteiger partial charge in [-0.05, 0) is 52.2 Å². The Morgan fingerprint density at radius 2 is 2.00 bits per heavy atom. The van der Waals surface area contributed by atoms with Crippen molar-refractivity contribution in [3.63, 3.8) is 0 Å². The number of benzene rings is 2. The molecule has 136 valence electrons. The predicted octanol–water partition coefficient (Wildman–Crippen LogP) is 5.32. The molecule has 0 aliphatic heterocycles. The summed E-state index contributed by atoms with van der Waals surface area (Å²) in [6.45, 7) is 2.77. The normalized spacial score (nSPS) is 10.7. The van der Waals surface area contributed by atoms with Crippen molar-refractivity contribution in [3.05, 3.63) is 52.5 Å². The van der Waals surface area contributed by atoms with E-state index in [1.165, 1.54) is 5.56 Å². The van der Waals surface area contributed by atoms with Gasteiger partial charge in [0.15, 0.2) is 5.82 Å². The third kappa shape index (κ3) is 4.59. The fourth-order valence-corrected chi connectivity index (χ4v) is 3.71. The molecule has 3 rings (SSSR count). The van der Waals surface area contributed by atoms with Crippen LogP contribution in [0.5, 0.6) is 11.5 Å². The van der Waals surface area contributed by atoms with E-state index in [2.05, 4.69) is 38.0 Å². The van der Waals surface area contributed by atoms with Gasteiger partial charge in [0.2, 0.25) is 5.16 Å². The Balaban J connectivity index is 1.70. The molecule has 0 saturated heterocycles. The number of hydrogen-bond donors (Lipinski definition) is 1. The maximum absolute atomic E-state index is 5.80. The first kappa shape index (κ1) is 18.8. The quantitative estimate of drug-likeness (QED) is 0.486. The van der Waals surface area contributed by atoms with Crippen molar-refractivity contribution in [2.75, 3.05) is 13.7 Å². The van der Waals surface area contributed by atoms with E-state index in [0.29, 0.717) is 11.8 Å². The number of thioether (sulfide) groups is 1. The first-order chi connectivity index (χ1) is 12.7. The van der Waals surface area contributed by atoms with E-state index in [4.69, 9.17) is 9.47 Å². The zero-order valence-electron chi connectivity index (χ0n) is 14.7. The maximum atomic E-state index is 5.80. The van der Waals surface area contributed by atoms with E-state index < -0.39 is 0 Å². The number of rotatable bonds is 8. The van der Waals surface area contributed by atoms with E-state index in [1.54, 1.807) is 18.9 Å². The third-order valence-corrected chi connectivity index (χ3v) is 5.19. The van der Waals surface area contributed by atoms with Gasteiger partial charge >= 0.3 is 0 Å². The lowest BCUT2D eigenvalue weighted by Gasteiger charge is -2.08. The molecule has 0 atom stereocenters. The Bertz CT molecular complexity index is 869. The smallest absolute Gasteiger partial charge is 0.209 e. The summed E-state index contributed by atoms with van der Waals surface area (Å²) in [5.74, 6) is 3.13. The number of ether oxygens (including phenoxy) is 2. The minimum absolute atomic E-state index is 0.680. The molecule has 1 N–H and O–H groups in total. The second kappa shape index (κ2) is 9.09. The molecule has 7 heteroatoms. The van der Waals surface area contributed by atoms with Gasteiger partial charge in [0.25, 0.3) is 0 Å². The van der Waals surface area contributed by atoms with E-state index in [1.807, 2.05) is 42.5 Å². The molecule has 1 aromatic heterocycles. The average Bonchev–Trinajstić information content (AvgIpc) is 3.14. The van der Waals surface area contributed by atoms with Crippen molar-refractivity contribution in [3.8, 4) is 22.9 Å². The Kier molecular flexibility index (Phi) is 6.57. The number of para-hydroxylation sites is 1. The summed E-state index contributed by atoms with van der Waals surface area (Å²) in [4.78, 5) is 4.60. The SMILES string of the molecule is CCCOc1ccccc1-c1nc(SCc2ccc(OC)c(Br)c2)n[nH]1. The van der Waals surface area contributed by atoms with E-state index in [0.717, 1.165) is 39.5 Å². The van der Waals surface area contributed by atoms with Crippen LogP contribution in [0.4, 0.5) is 0 Å². The predicted molar refractivity (Wildman–Crippen MR) is 108 cm³/mol. The molecule has 0 amide bonds. The van der Waals surface area contributed by atoms with Crippen LogP contribution in [0, 0.1) is 0 Å². The van der Waals surface area contributed by atoms with Crippen LogP contribution >= 0.6 is 27.7 Å². The van der Waals surface area contributed by atoms with E-state index in [-0.39, 0.29) is 0 Å². The summed E-state index contributed by atoms with van der Waals surface area (Å²) in [6.07, 6.45) is 0.962. The van der Waals surface area contributed by atoms with Crippen LogP contribution in [0.2, 0.25) is 0 Å². The van der Waals surface area contributed by atoms with Crippen LogP contribution in [-0.2, 0) is 5.75 Å². The Morgan fingerprint density at radius 3 is 2.77 bits per heavy atom. The van der Waals surface area contributed by atoms with Gasteiger partial charge in [-0.2, -0.15) is 0 Å². The first-order valence-electron chi connectivity index (χ1n) is 8.31. The summed E-state index contributed by atoms with van der Waals surface area (Å²) in [5.41, 5.74) is 2.09. The summed E-state index contributed by atoms with van der Waals surface area (Å²) in [6, 6.07) is 13.9. The van der Waals surface area contributed by atoms with Gasteiger partial charge in [0.1, 0.15) is 11.5 Å². The van der Waals surface area contributed by atoms with Crippen LogP contribution in [0.15, 0.2) is 52.1 Å². The number of hydrogen-bond acceptors (Lipinski definition) is 5. The summed E-state index contributed by atoms with van der Waals surface area (Å²) >= 11 is 5.09. The highest BCUT2D eigenvalue weighted by Crippen LogP contribution is 2.31. The molecule has 5 nitrogen and oxygen atoms in total. The van der Waals surface area contributed by atoms with Gasteiger partial charge in [-0.3, -0.25) is 5.10 Å². The Labute approximate surface area is 165 Å². The van der Waals surface area contributed by atoms with Crippen molar-refractivity contribution in [1.82, 2.24) is 15.2 Å². The highest BCUT2D eigenvalue weighted by molar-refractivity contribution is 9.10. The van der Waals surface area contributed by atoms with Crippen molar-refractivity contribution in [1.29, 1.82) is 0 Å². The highest BCUT2D eigenvalue weighted by Gasteiger charge is 2.11. The molecule has 26 heavy (non-hydrogen) atoms. The lowest BCUT2D eigenvalue weighted by molar-refractivity contribution is 0.318. The molecule has 0 aliphatic rings. The molecule has 0 bridgehead atoms. The monoisotopic (exact) mass is 433 g/mol. The van der Waals surface area contributed by atoms with Crippen molar-refractivity contribution >= 4 is 27.7 Å². The van der Waals surface area contributed by atoms with Crippen molar-refractivity contribution < 1.29 is 9.47 Å². The third-order valence-electron chi connectivity index (χ3n) is 3.65. The Hall–Kier alpha value is -1.99. The summed E-state index contributed by atoms with van der Waals surface area (Å²) in [5, 5.41) is 8.04. The zero-order valence-corrected chi connectivity index (χ0v) is 17.1. The molecule has 0 spiro atoms. The lowest BCUT2D eigenvalue weighted by Crippen LogP contribution is -1.97. The van der Waals surface area contributed by atoms with E-state index >= 15 is 0 Å². The minimum Gasteiger partial charge on any atom is -0.496 e. The Morgan fingerprint density at radius 1 is 1.15 bits per heavy atom. The lowest BCUT2D eigenvalue weighted by atomic mass is 10.2. The van der Waals surface area contributed by atoms with Gasteiger partial charge in [0, 0.05) is 5.75 Å². The average molecular weight is 434 g/mol. The number of nitrogens with zero attached hydrogens (tertiary/aromatic N) is 2. The van der Waals surface area contributed by atoms with Gasteiger partial charge in [-0.25, -0.2) is 4.98 Å². The molecule has 0 radical (unpaired) electrons. The second-order valence-corrected chi connectivity index (χ2v) is 7.37. The molecular weight excluding hydrogens is 414 g/mol. The minimum atomic E-state index is 0.680. The number of aromatic amines is 1. The van der Waals surface area contributed by atoms with Crippen LogP contribution in [0.25, 0.3) is 11.4 Å². The van der Waals surface area contributed by atoms with Gasteiger partial charge in [-0.15, -0.1) is 5.10 Å². The topological polar surface area (TPSA) is 60.0 Å². The second-order valence-electron chi connectivity index (χ2n) is 5.57. The largest absolute Gasteiger partial charge is 0.496 e. The molecular formula is C19H20BrN3O2S. The molecule has 0 fully saturated rings. The fourth-order valence-electron chi connectivity index (χ4n) is 2.38. The standard InChI is InChI=1S/C19H20BrN3O2S/c1-3-10-25-16-7-5-4-6-14(16)18-21-19(23-22-18)26-12-13-8-9-17(24-2)15(20)11-13/h4-9,11H,3,10,12H2,1-2H3,(H,21,22,23). The summed E-state index contributed by atoms with van der Waals surface area (Å²) < 4.78 is 12.0. The summed E-state index contributed by atoms with van der Waals surface area (Å²) in [7, 11) is 1.66. The number of aromatic nitrogens is 3. The molecule has 2 aromatic carbocycles. The fraction of sp³-hybridized carbons (Fsp3) is 0.263. The van der Waals surface area contributed by atoms with Gasteiger partial charge in [0.05, 0.1) is 23.8 Å². The van der Waals surface area contributed by atoms with E-state index in [9.17, 15) is 0 Å². The number of nitrogens with one attached hydrogen (secondary N) is 1. The molecule has 0 saturated carbocycles. The number of H-pyrrole nitrogens is 1. The maximum Gasteiger partial charge on any atom is 0.209 e. The van der Waals surface area contributed by atoms with Crippen molar-refractivity contribution in [2.24, 2.45) is 0 Å². The van der Waals surface area contributed by atoms with Gasteiger partial charge in [-0.1, -0.05) is 36.9 Å². The molecule has 1 heterocycles. The zero-order chi connectivity index (χ0) is 18.4. The van der Waals surface area contributed by atoms with Crippen molar-refractivity contribution in [2.45, 2.75) is 24.3 Å². The highest BCUT2D eigenvalue weighted by atomic mass is 79.9. The van der Waals surface area contributed by atoms with Crippen LogP contribution in [-0.4, -0.2) is 28.9 Å². The molecule has 0 aliphatic carbocycles. The van der Waals surface area contributed by atoms with Crippen LogP contribution in [0.1, 0.15) is 18.9 Å². The molecule has 0 unspecified atom stereocenters. The van der Waals surface area contributed by atoms with Gasteiger partial charge < -0.3 is 9.47 Å². The number of methoxy groups -OCH3 is 1. The van der Waals surface area contributed by atoms with Crippen LogP contribution in [0.3, 0.4) is 0 Å². The first-order valence-corrected chi connectivity index (χ1v) is 10.1. The number of halogens is 1. The molecule has 3 aromatic rings.